The Bertz CT molecular complexity index is 582. The van der Waals surface area contributed by atoms with Gasteiger partial charge in [-0.1, -0.05) is 31.2 Å². The fourth-order valence-electron chi connectivity index (χ4n) is 2.82. The highest BCUT2D eigenvalue weighted by Crippen LogP contribution is 2.13. The van der Waals surface area contributed by atoms with Crippen molar-refractivity contribution in [2.45, 2.75) is 52.6 Å². The number of amides is 2. The Kier molecular flexibility index (Phi) is 6.45. The molecule has 1 aromatic carbocycles. The molecule has 1 heterocycles. The minimum atomic E-state index is -0.489. The highest BCUT2D eigenvalue weighted by Gasteiger charge is 2.27. The van der Waals surface area contributed by atoms with Gasteiger partial charge >= 0.3 is 6.09 Å². The molecule has 0 unspecified atom stereocenters. The van der Waals surface area contributed by atoms with Crippen molar-refractivity contribution in [3.8, 4) is 0 Å². The monoisotopic (exact) mass is 346 g/mol. The van der Waals surface area contributed by atoms with Crippen LogP contribution in [0.4, 0.5) is 4.79 Å². The van der Waals surface area contributed by atoms with Crippen LogP contribution in [0.15, 0.2) is 24.3 Å². The molecule has 2 amide bonds. The van der Waals surface area contributed by atoms with Crippen molar-refractivity contribution in [2.24, 2.45) is 0 Å². The Hall–Kier alpha value is -2.04. The molecule has 0 spiro atoms. The summed E-state index contributed by atoms with van der Waals surface area (Å²) in [6.45, 7) is 9.93. The first-order chi connectivity index (χ1) is 11.8. The maximum absolute atomic E-state index is 12.4. The first kappa shape index (κ1) is 19.3. The van der Waals surface area contributed by atoms with Crippen LogP contribution in [0.3, 0.4) is 0 Å². The van der Waals surface area contributed by atoms with Gasteiger partial charge in [0.2, 0.25) is 5.91 Å². The van der Waals surface area contributed by atoms with Crippen molar-refractivity contribution in [2.75, 3.05) is 26.2 Å². The Labute approximate surface area is 150 Å². The van der Waals surface area contributed by atoms with Crippen molar-refractivity contribution in [1.82, 2.24) is 9.80 Å². The number of rotatable bonds is 4. The van der Waals surface area contributed by atoms with E-state index >= 15 is 0 Å². The molecule has 1 aromatic rings. The Morgan fingerprint density at radius 3 is 2.00 bits per heavy atom. The average Bonchev–Trinajstić information content (AvgIpc) is 2.58. The molecule has 5 nitrogen and oxygen atoms in total. The number of hydrogen-bond donors (Lipinski definition) is 0. The number of ether oxygens (including phenoxy) is 1. The van der Waals surface area contributed by atoms with Crippen molar-refractivity contribution in [1.29, 1.82) is 0 Å². The lowest BCUT2D eigenvalue weighted by Crippen LogP contribution is -2.51. The largest absolute Gasteiger partial charge is 0.444 e. The predicted octanol–water partition coefficient (Wildman–Crippen LogP) is 3.26. The fraction of sp³-hybridized carbons (Fsp3) is 0.600. The summed E-state index contributed by atoms with van der Waals surface area (Å²) in [5.74, 6) is 0.156. The van der Waals surface area contributed by atoms with E-state index in [4.69, 9.17) is 4.74 Å². The number of nitrogens with zero attached hydrogens (tertiary/aromatic N) is 2. The summed E-state index contributed by atoms with van der Waals surface area (Å²) in [5.41, 5.74) is 2.02. The number of piperazine rings is 1. The number of carbonyl (C=O) groups excluding carboxylic acids is 2. The second kappa shape index (κ2) is 8.37. The number of benzene rings is 1. The molecular weight excluding hydrogens is 316 g/mol. The molecule has 2 rings (SSSR count). The molecular formula is C20H30N2O3. The molecule has 0 radical (unpaired) electrons. The molecule has 1 aliphatic rings. The van der Waals surface area contributed by atoms with Gasteiger partial charge in [0, 0.05) is 32.6 Å². The average molecular weight is 346 g/mol. The van der Waals surface area contributed by atoms with Gasteiger partial charge in [0.05, 0.1) is 0 Å². The number of hydrogen-bond acceptors (Lipinski definition) is 3. The van der Waals surface area contributed by atoms with Crippen molar-refractivity contribution < 1.29 is 14.3 Å². The lowest BCUT2D eigenvalue weighted by atomic mass is 10.1. The van der Waals surface area contributed by atoms with E-state index in [-0.39, 0.29) is 12.0 Å². The summed E-state index contributed by atoms with van der Waals surface area (Å²) < 4.78 is 5.38. The molecule has 5 heteroatoms. The minimum Gasteiger partial charge on any atom is -0.444 e. The minimum absolute atomic E-state index is 0.156. The van der Waals surface area contributed by atoms with E-state index in [9.17, 15) is 9.59 Å². The van der Waals surface area contributed by atoms with E-state index in [0.29, 0.717) is 32.6 Å². The van der Waals surface area contributed by atoms with Crippen molar-refractivity contribution in [3.63, 3.8) is 0 Å². The third kappa shape index (κ3) is 6.07. The summed E-state index contributed by atoms with van der Waals surface area (Å²) in [4.78, 5) is 28.0. The van der Waals surface area contributed by atoms with Crippen LogP contribution < -0.4 is 0 Å². The summed E-state index contributed by atoms with van der Waals surface area (Å²) in [6, 6.07) is 8.46. The zero-order valence-electron chi connectivity index (χ0n) is 15.9. The van der Waals surface area contributed by atoms with E-state index in [1.54, 1.807) is 4.90 Å². The van der Waals surface area contributed by atoms with Crippen LogP contribution in [0.5, 0.6) is 0 Å². The standard InChI is InChI=1S/C20H30N2O3/c1-5-16-6-8-17(9-7-16)10-11-18(23)21-12-14-22(15-13-21)19(24)25-20(2,3)4/h6-9H,5,10-15H2,1-4H3. The van der Waals surface area contributed by atoms with Gasteiger partial charge in [-0.15, -0.1) is 0 Å². The molecule has 0 aliphatic carbocycles. The lowest BCUT2D eigenvalue weighted by Gasteiger charge is -2.35. The van der Waals surface area contributed by atoms with Gasteiger partial charge in [-0.25, -0.2) is 4.79 Å². The first-order valence-electron chi connectivity index (χ1n) is 9.12. The number of aryl methyl sites for hydroxylation is 2. The summed E-state index contributed by atoms with van der Waals surface area (Å²) in [7, 11) is 0. The molecule has 1 aliphatic heterocycles. The van der Waals surface area contributed by atoms with Crippen LogP contribution in [0.25, 0.3) is 0 Å². The van der Waals surface area contributed by atoms with Gasteiger partial charge in [-0.3, -0.25) is 4.79 Å². The first-order valence-corrected chi connectivity index (χ1v) is 9.12. The third-order valence-corrected chi connectivity index (χ3v) is 4.34. The Morgan fingerprint density at radius 1 is 0.960 bits per heavy atom. The quantitative estimate of drug-likeness (QED) is 0.841. The molecule has 0 aromatic heterocycles. The van der Waals surface area contributed by atoms with Crippen LogP contribution in [-0.2, 0) is 22.4 Å². The van der Waals surface area contributed by atoms with Crippen LogP contribution in [0.1, 0.15) is 45.2 Å². The van der Waals surface area contributed by atoms with Crippen LogP contribution in [0, 0.1) is 0 Å². The zero-order chi connectivity index (χ0) is 18.4. The van der Waals surface area contributed by atoms with Gasteiger partial charge in [0.25, 0.3) is 0 Å². The smallest absolute Gasteiger partial charge is 0.410 e. The fourth-order valence-corrected chi connectivity index (χ4v) is 2.82. The highest BCUT2D eigenvalue weighted by atomic mass is 16.6. The summed E-state index contributed by atoms with van der Waals surface area (Å²) >= 11 is 0. The molecule has 0 saturated carbocycles. The van der Waals surface area contributed by atoms with E-state index in [2.05, 4.69) is 31.2 Å². The molecule has 0 bridgehead atoms. The predicted molar refractivity (Wildman–Crippen MR) is 98.5 cm³/mol. The van der Waals surface area contributed by atoms with Gasteiger partial charge in [-0.2, -0.15) is 0 Å². The molecule has 1 saturated heterocycles. The van der Waals surface area contributed by atoms with Crippen LogP contribution in [0.2, 0.25) is 0 Å². The topological polar surface area (TPSA) is 49.9 Å². The highest BCUT2D eigenvalue weighted by molar-refractivity contribution is 5.77. The summed E-state index contributed by atoms with van der Waals surface area (Å²) in [5, 5.41) is 0. The van der Waals surface area contributed by atoms with Gasteiger partial charge < -0.3 is 14.5 Å². The van der Waals surface area contributed by atoms with Gasteiger partial charge in [-0.05, 0) is 44.7 Å². The molecule has 138 valence electrons. The zero-order valence-corrected chi connectivity index (χ0v) is 15.9. The van der Waals surface area contributed by atoms with E-state index in [1.807, 2.05) is 25.7 Å². The Morgan fingerprint density at radius 2 is 1.48 bits per heavy atom. The van der Waals surface area contributed by atoms with Crippen LogP contribution in [-0.4, -0.2) is 53.6 Å². The van der Waals surface area contributed by atoms with Gasteiger partial charge in [0.1, 0.15) is 5.60 Å². The van der Waals surface area contributed by atoms with E-state index < -0.39 is 5.60 Å². The van der Waals surface area contributed by atoms with Crippen molar-refractivity contribution in [3.05, 3.63) is 35.4 Å². The van der Waals surface area contributed by atoms with E-state index in [0.717, 1.165) is 12.8 Å². The molecule has 0 atom stereocenters. The SMILES string of the molecule is CCc1ccc(CCC(=O)N2CCN(C(=O)OC(C)(C)C)CC2)cc1. The lowest BCUT2D eigenvalue weighted by molar-refractivity contribution is -0.132. The Balaban J connectivity index is 1.76. The molecule has 25 heavy (non-hydrogen) atoms. The second-order valence-electron chi connectivity index (χ2n) is 7.52. The van der Waals surface area contributed by atoms with E-state index in [1.165, 1.54) is 11.1 Å². The summed E-state index contributed by atoms with van der Waals surface area (Å²) in [6.07, 6.45) is 2.00. The normalized spacial score (nSPS) is 15.2. The molecule has 0 N–H and O–H groups in total. The molecule has 1 fully saturated rings. The van der Waals surface area contributed by atoms with Crippen LogP contribution >= 0.6 is 0 Å². The third-order valence-electron chi connectivity index (χ3n) is 4.34. The maximum atomic E-state index is 12.4. The van der Waals surface area contributed by atoms with Crippen molar-refractivity contribution >= 4 is 12.0 Å². The van der Waals surface area contributed by atoms with Gasteiger partial charge in [0.15, 0.2) is 0 Å². The maximum Gasteiger partial charge on any atom is 0.410 e. The number of carbonyl (C=O) groups is 2. The second-order valence-corrected chi connectivity index (χ2v) is 7.52.